The average Bonchev–Trinajstić information content (AvgIpc) is 2.13. The fraction of sp³-hybridized carbons (Fsp3) is 0.900. The quantitative estimate of drug-likeness (QED) is 0.666. The van der Waals surface area contributed by atoms with E-state index in [1.807, 2.05) is 0 Å². The number of esters is 1. The van der Waals surface area contributed by atoms with Crippen molar-refractivity contribution in [1.82, 2.24) is 0 Å². The lowest BCUT2D eigenvalue weighted by Gasteiger charge is -2.23. The van der Waals surface area contributed by atoms with Gasteiger partial charge in [-0.25, -0.2) is 0 Å². The van der Waals surface area contributed by atoms with E-state index in [0.717, 1.165) is 12.8 Å². The maximum absolute atomic E-state index is 11.0. The first-order valence-electron chi connectivity index (χ1n) is 4.76. The molecule has 2 N–H and O–H groups in total. The standard InChI is InChI=1S/C10H21NO2/c1-5-10(2,3)7-6-8(11)9(12)13-4/h8H,5-7,11H2,1-4H3. The number of carbonyl (C=O) groups is 1. The van der Waals surface area contributed by atoms with Crippen LogP contribution in [0.1, 0.15) is 40.0 Å². The lowest BCUT2D eigenvalue weighted by molar-refractivity contribution is -0.142. The Labute approximate surface area is 80.6 Å². The van der Waals surface area contributed by atoms with Gasteiger partial charge in [-0.05, 0) is 18.3 Å². The molecule has 0 aromatic heterocycles. The molecule has 78 valence electrons. The molecular formula is C10H21NO2. The molecule has 0 aliphatic rings. The van der Waals surface area contributed by atoms with Crippen molar-refractivity contribution >= 4 is 5.97 Å². The second-order valence-corrected chi connectivity index (χ2v) is 4.19. The van der Waals surface area contributed by atoms with Gasteiger partial charge in [0.05, 0.1) is 7.11 Å². The molecule has 0 aromatic rings. The Bertz CT molecular complexity index is 166. The Morgan fingerprint density at radius 2 is 2.08 bits per heavy atom. The van der Waals surface area contributed by atoms with Crippen LogP contribution in [0.2, 0.25) is 0 Å². The van der Waals surface area contributed by atoms with Crippen molar-refractivity contribution in [2.75, 3.05) is 7.11 Å². The number of nitrogens with two attached hydrogens (primary N) is 1. The first-order chi connectivity index (χ1) is 5.93. The van der Waals surface area contributed by atoms with Crippen molar-refractivity contribution in [1.29, 1.82) is 0 Å². The highest BCUT2D eigenvalue weighted by molar-refractivity contribution is 5.75. The van der Waals surface area contributed by atoms with Crippen molar-refractivity contribution in [2.24, 2.45) is 11.1 Å². The van der Waals surface area contributed by atoms with E-state index in [4.69, 9.17) is 5.73 Å². The summed E-state index contributed by atoms with van der Waals surface area (Å²) in [5, 5.41) is 0. The number of ether oxygens (including phenoxy) is 1. The Morgan fingerprint density at radius 3 is 2.46 bits per heavy atom. The molecule has 0 spiro atoms. The van der Waals surface area contributed by atoms with Crippen molar-refractivity contribution < 1.29 is 9.53 Å². The van der Waals surface area contributed by atoms with Gasteiger partial charge in [0.1, 0.15) is 6.04 Å². The molecule has 1 atom stereocenters. The van der Waals surface area contributed by atoms with Gasteiger partial charge in [-0.3, -0.25) is 4.79 Å². The van der Waals surface area contributed by atoms with Crippen LogP contribution in [-0.2, 0) is 9.53 Å². The van der Waals surface area contributed by atoms with Gasteiger partial charge in [0.15, 0.2) is 0 Å². The lowest BCUT2D eigenvalue weighted by Crippen LogP contribution is -2.32. The molecule has 13 heavy (non-hydrogen) atoms. The largest absolute Gasteiger partial charge is 0.468 e. The monoisotopic (exact) mass is 187 g/mol. The summed E-state index contributed by atoms with van der Waals surface area (Å²) in [5.74, 6) is -0.313. The maximum Gasteiger partial charge on any atom is 0.322 e. The van der Waals surface area contributed by atoms with Crippen LogP contribution in [0.25, 0.3) is 0 Å². The first-order valence-corrected chi connectivity index (χ1v) is 4.76. The minimum Gasteiger partial charge on any atom is -0.468 e. The molecule has 0 bridgehead atoms. The predicted octanol–water partition coefficient (Wildman–Crippen LogP) is 1.70. The van der Waals surface area contributed by atoms with Crippen LogP contribution < -0.4 is 5.73 Å². The Morgan fingerprint density at radius 1 is 1.54 bits per heavy atom. The molecule has 0 fully saturated rings. The molecule has 0 heterocycles. The second-order valence-electron chi connectivity index (χ2n) is 4.19. The zero-order valence-electron chi connectivity index (χ0n) is 9.09. The van der Waals surface area contributed by atoms with Gasteiger partial charge in [0.2, 0.25) is 0 Å². The van der Waals surface area contributed by atoms with E-state index >= 15 is 0 Å². The summed E-state index contributed by atoms with van der Waals surface area (Å²) in [6.07, 6.45) is 2.76. The zero-order chi connectivity index (χ0) is 10.5. The van der Waals surface area contributed by atoms with Crippen LogP contribution in [0.5, 0.6) is 0 Å². The summed E-state index contributed by atoms with van der Waals surface area (Å²) in [6, 6.07) is -0.462. The molecule has 0 aromatic carbocycles. The Hall–Kier alpha value is -0.570. The van der Waals surface area contributed by atoms with Crippen LogP contribution in [0.3, 0.4) is 0 Å². The highest BCUT2D eigenvalue weighted by atomic mass is 16.5. The molecule has 3 heteroatoms. The van der Waals surface area contributed by atoms with Crippen molar-refractivity contribution in [3.8, 4) is 0 Å². The van der Waals surface area contributed by atoms with Crippen molar-refractivity contribution in [2.45, 2.75) is 46.1 Å². The number of carbonyl (C=O) groups excluding carboxylic acids is 1. The summed E-state index contributed by atoms with van der Waals surface area (Å²) in [4.78, 5) is 11.0. The highest BCUT2D eigenvalue weighted by Gasteiger charge is 2.20. The van der Waals surface area contributed by atoms with E-state index < -0.39 is 6.04 Å². The molecule has 3 nitrogen and oxygen atoms in total. The van der Waals surface area contributed by atoms with Crippen LogP contribution in [0.4, 0.5) is 0 Å². The summed E-state index contributed by atoms with van der Waals surface area (Å²) >= 11 is 0. The second kappa shape index (κ2) is 5.22. The topological polar surface area (TPSA) is 52.3 Å². The Kier molecular flexibility index (Phi) is 4.99. The van der Waals surface area contributed by atoms with Crippen LogP contribution >= 0.6 is 0 Å². The van der Waals surface area contributed by atoms with Gasteiger partial charge in [0.25, 0.3) is 0 Å². The van der Waals surface area contributed by atoms with Crippen molar-refractivity contribution in [3.63, 3.8) is 0 Å². The van der Waals surface area contributed by atoms with E-state index in [9.17, 15) is 4.79 Å². The van der Waals surface area contributed by atoms with Gasteiger partial charge in [-0.15, -0.1) is 0 Å². The van der Waals surface area contributed by atoms with E-state index in [0.29, 0.717) is 6.42 Å². The molecule has 0 rings (SSSR count). The smallest absolute Gasteiger partial charge is 0.322 e. The third kappa shape index (κ3) is 4.88. The van der Waals surface area contributed by atoms with Gasteiger partial charge < -0.3 is 10.5 Å². The molecule has 0 radical (unpaired) electrons. The van der Waals surface area contributed by atoms with Crippen LogP contribution in [-0.4, -0.2) is 19.1 Å². The maximum atomic E-state index is 11.0. The molecule has 0 aliphatic heterocycles. The third-order valence-electron chi connectivity index (χ3n) is 2.59. The third-order valence-corrected chi connectivity index (χ3v) is 2.59. The molecule has 1 unspecified atom stereocenters. The Balaban J connectivity index is 3.82. The summed E-state index contributed by atoms with van der Waals surface area (Å²) in [6.45, 7) is 6.50. The lowest BCUT2D eigenvalue weighted by atomic mass is 9.84. The van der Waals surface area contributed by atoms with Crippen LogP contribution in [0.15, 0.2) is 0 Å². The molecular weight excluding hydrogens is 166 g/mol. The average molecular weight is 187 g/mol. The number of methoxy groups -OCH3 is 1. The van der Waals surface area contributed by atoms with Crippen molar-refractivity contribution in [3.05, 3.63) is 0 Å². The minimum atomic E-state index is -0.462. The predicted molar refractivity (Wildman–Crippen MR) is 53.3 cm³/mol. The van der Waals surface area contributed by atoms with Gasteiger partial charge in [-0.2, -0.15) is 0 Å². The normalized spacial score (nSPS) is 13.9. The fourth-order valence-electron chi connectivity index (χ4n) is 0.992. The minimum absolute atomic E-state index is 0.269. The van der Waals surface area contributed by atoms with Gasteiger partial charge >= 0.3 is 5.97 Å². The van der Waals surface area contributed by atoms with Gasteiger partial charge in [0, 0.05) is 0 Å². The van der Waals surface area contributed by atoms with E-state index in [1.54, 1.807) is 0 Å². The van der Waals surface area contributed by atoms with E-state index in [1.165, 1.54) is 7.11 Å². The zero-order valence-corrected chi connectivity index (χ0v) is 9.09. The first kappa shape index (κ1) is 12.4. The number of hydrogen-bond donors (Lipinski definition) is 1. The van der Waals surface area contributed by atoms with Crippen LogP contribution in [0, 0.1) is 5.41 Å². The highest BCUT2D eigenvalue weighted by Crippen LogP contribution is 2.26. The molecule has 0 amide bonds. The molecule has 0 saturated heterocycles. The summed E-state index contributed by atoms with van der Waals surface area (Å²) in [5.41, 5.74) is 5.88. The fourth-order valence-corrected chi connectivity index (χ4v) is 0.992. The number of rotatable bonds is 5. The SMILES string of the molecule is CCC(C)(C)CCC(N)C(=O)OC. The van der Waals surface area contributed by atoms with Gasteiger partial charge in [-0.1, -0.05) is 27.2 Å². The molecule has 0 aliphatic carbocycles. The van der Waals surface area contributed by atoms with E-state index in [-0.39, 0.29) is 11.4 Å². The molecule has 0 saturated carbocycles. The number of hydrogen-bond acceptors (Lipinski definition) is 3. The van der Waals surface area contributed by atoms with E-state index in [2.05, 4.69) is 25.5 Å². The summed E-state index contributed by atoms with van der Waals surface area (Å²) in [7, 11) is 1.37. The summed E-state index contributed by atoms with van der Waals surface area (Å²) < 4.78 is 4.55.